The van der Waals surface area contributed by atoms with Crippen molar-refractivity contribution in [2.75, 3.05) is 18.5 Å². The van der Waals surface area contributed by atoms with Gasteiger partial charge in [-0.2, -0.15) is 0 Å². The molecule has 1 atom stereocenters. The van der Waals surface area contributed by atoms with Crippen molar-refractivity contribution in [3.63, 3.8) is 0 Å². The molecule has 138 valence electrons. The lowest BCUT2D eigenvalue weighted by molar-refractivity contribution is -0.146. The van der Waals surface area contributed by atoms with Gasteiger partial charge in [-0.1, -0.05) is 26.0 Å². The number of carbonyl (C=O) groups excluding carboxylic acids is 3. The van der Waals surface area contributed by atoms with Crippen LogP contribution in [-0.4, -0.2) is 30.9 Å². The number of carbonyl (C=O) groups is 3. The quantitative estimate of drug-likeness (QED) is 0.707. The third-order valence-corrected chi connectivity index (χ3v) is 3.88. The first-order valence-corrected chi connectivity index (χ1v) is 8.36. The molecule has 2 rings (SSSR count). The maximum absolute atomic E-state index is 11.8. The Labute approximate surface area is 151 Å². The van der Waals surface area contributed by atoms with Gasteiger partial charge in [0.25, 0.3) is 11.8 Å². The fourth-order valence-corrected chi connectivity index (χ4v) is 2.17. The number of hydrogen-bond donors (Lipinski definition) is 2. The predicted molar refractivity (Wildman–Crippen MR) is 95.8 cm³/mol. The van der Waals surface area contributed by atoms with Crippen LogP contribution in [0.5, 0.6) is 0 Å². The van der Waals surface area contributed by atoms with E-state index in [0.29, 0.717) is 11.6 Å². The molecule has 0 aliphatic carbocycles. The summed E-state index contributed by atoms with van der Waals surface area (Å²) in [6, 6.07) is 10.6. The number of furan rings is 1. The number of nitrogens with one attached hydrogen (secondary N) is 2. The van der Waals surface area contributed by atoms with Gasteiger partial charge < -0.3 is 19.8 Å². The number of anilines is 1. The average Bonchev–Trinajstić information content (AvgIpc) is 3.19. The summed E-state index contributed by atoms with van der Waals surface area (Å²) in [4.78, 5) is 35.0. The molecule has 0 saturated carbocycles. The molecule has 2 amide bonds. The number of benzene rings is 1. The van der Waals surface area contributed by atoms with Crippen LogP contribution in [0.4, 0.5) is 5.69 Å². The van der Waals surface area contributed by atoms with E-state index >= 15 is 0 Å². The van der Waals surface area contributed by atoms with E-state index in [-0.39, 0.29) is 12.3 Å². The minimum absolute atomic E-state index is 0.0939. The second-order valence-electron chi connectivity index (χ2n) is 5.80. The van der Waals surface area contributed by atoms with E-state index in [4.69, 9.17) is 9.15 Å². The van der Waals surface area contributed by atoms with Gasteiger partial charge in [0.2, 0.25) is 0 Å². The Kier molecular flexibility index (Phi) is 6.96. The van der Waals surface area contributed by atoms with Crippen LogP contribution in [0.3, 0.4) is 0 Å². The molecule has 1 aromatic heterocycles. The molecule has 0 aliphatic rings. The summed E-state index contributed by atoms with van der Waals surface area (Å²) in [7, 11) is 0. The van der Waals surface area contributed by atoms with Gasteiger partial charge in [-0.05, 0) is 42.2 Å². The van der Waals surface area contributed by atoms with Gasteiger partial charge in [0.15, 0.2) is 12.4 Å². The minimum atomic E-state index is -0.716. The molecule has 0 radical (unpaired) electrons. The molecular formula is C19H22N2O5. The molecule has 7 heteroatoms. The molecule has 0 spiro atoms. The highest BCUT2D eigenvalue weighted by atomic mass is 16.5. The maximum atomic E-state index is 11.8. The van der Waals surface area contributed by atoms with Crippen molar-refractivity contribution in [3.8, 4) is 0 Å². The topological polar surface area (TPSA) is 97.6 Å². The predicted octanol–water partition coefficient (Wildman–Crippen LogP) is 2.70. The molecule has 0 bridgehead atoms. The Morgan fingerprint density at radius 2 is 1.88 bits per heavy atom. The highest BCUT2D eigenvalue weighted by molar-refractivity contribution is 5.95. The Morgan fingerprint density at radius 1 is 1.15 bits per heavy atom. The first-order valence-electron chi connectivity index (χ1n) is 8.36. The van der Waals surface area contributed by atoms with Gasteiger partial charge in [0, 0.05) is 5.69 Å². The van der Waals surface area contributed by atoms with Crippen LogP contribution in [0.1, 0.15) is 42.3 Å². The van der Waals surface area contributed by atoms with Crippen molar-refractivity contribution >= 4 is 23.5 Å². The lowest BCUT2D eigenvalue weighted by Crippen LogP contribution is -2.32. The van der Waals surface area contributed by atoms with Gasteiger partial charge >= 0.3 is 5.97 Å². The van der Waals surface area contributed by atoms with Gasteiger partial charge in [-0.3, -0.25) is 14.4 Å². The van der Waals surface area contributed by atoms with Crippen molar-refractivity contribution in [1.82, 2.24) is 5.32 Å². The van der Waals surface area contributed by atoms with Crippen LogP contribution in [0.15, 0.2) is 47.1 Å². The summed E-state index contributed by atoms with van der Waals surface area (Å²) in [5.41, 5.74) is 1.83. The summed E-state index contributed by atoms with van der Waals surface area (Å²) in [6.07, 6.45) is 2.39. The average molecular weight is 358 g/mol. The van der Waals surface area contributed by atoms with E-state index in [2.05, 4.69) is 24.5 Å². The van der Waals surface area contributed by atoms with Crippen LogP contribution in [-0.2, 0) is 14.3 Å². The summed E-state index contributed by atoms with van der Waals surface area (Å²) in [5.74, 6) is -1.15. The Hall–Kier alpha value is -3.09. The van der Waals surface area contributed by atoms with Crippen LogP contribution in [0.25, 0.3) is 0 Å². The Morgan fingerprint density at radius 3 is 2.50 bits per heavy atom. The molecular weight excluding hydrogens is 336 g/mol. The third kappa shape index (κ3) is 5.77. The molecule has 2 aromatic rings. The minimum Gasteiger partial charge on any atom is -0.459 e. The second-order valence-corrected chi connectivity index (χ2v) is 5.80. The molecule has 0 saturated heterocycles. The standard InChI is InChI=1S/C19H22N2O5/c1-3-13(2)14-6-8-15(9-7-14)21-17(22)12-26-18(23)11-20-19(24)16-5-4-10-25-16/h4-10,13H,3,11-12H2,1-2H3,(H,20,24)(H,21,22)/t13-/m0/s1. The molecule has 0 unspecified atom stereocenters. The zero-order valence-corrected chi connectivity index (χ0v) is 14.8. The fraction of sp³-hybridized carbons (Fsp3) is 0.316. The Bertz CT molecular complexity index is 738. The number of hydrogen-bond acceptors (Lipinski definition) is 5. The van der Waals surface area contributed by atoms with E-state index in [1.807, 2.05) is 24.3 Å². The zero-order chi connectivity index (χ0) is 18.9. The van der Waals surface area contributed by atoms with E-state index in [0.717, 1.165) is 6.42 Å². The van der Waals surface area contributed by atoms with E-state index in [1.54, 1.807) is 6.07 Å². The number of esters is 1. The summed E-state index contributed by atoms with van der Waals surface area (Å²) in [5, 5.41) is 4.99. The first kappa shape index (κ1) is 19.2. The lowest BCUT2D eigenvalue weighted by atomic mass is 9.99. The number of rotatable bonds is 8. The van der Waals surface area contributed by atoms with E-state index in [1.165, 1.54) is 17.9 Å². The van der Waals surface area contributed by atoms with Gasteiger partial charge in [-0.15, -0.1) is 0 Å². The molecule has 0 fully saturated rings. The largest absolute Gasteiger partial charge is 0.459 e. The van der Waals surface area contributed by atoms with Gasteiger partial charge in [-0.25, -0.2) is 0 Å². The van der Waals surface area contributed by atoms with Crippen LogP contribution >= 0.6 is 0 Å². The van der Waals surface area contributed by atoms with Crippen LogP contribution in [0, 0.1) is 0 Å². The number of amides is 2. The summed E-state index contributed by atoms with van der Waals surface area (Å²) in [6.45, 7) is 3.47. The molecule has 0 aliphatic heterocycles. The normalized spacial score (nSPS) is 11.5. The highest BCUT2D eigenvalue weighted by Gasteiger charge is 2.12. The molecule has 7 nitrogen and oxygen atoms in total. The maximum Gasteiger partial charge on any atom is 0.325 e. The smallest absolute Gasteiger partial charge is 0.325 e. The molecule has 26 heavy (non-hydrogen) atoms. The molecule has 2 N–H and O–H groups in total. The van der Waals surface area contributed by atoms with Crippen LogP contribution in [0.2, 0.25) is 0 Å². The molecule has 1 heterocycles. The van der Waals surface area contributed by atoms with Gasteiger partial charge in [0.05, 0.1) is 6.26 Å². The Balaban J connectivity index is 1.71. The van der Waals surface area contributed by atoms with Crippen molar-refractivity contribution in [2.45, 2.75) is 26.2 Å². The van der Waals surface area contributed by atoms with Crippen molar-refractivity contribution in [2.24, 2.45) is 0 Å². The fourth-order valence-electron chi connectivity index (χ4n) is 2.17. The SMILES string of the molecule is CC[C@H](C)c1ccc(NC(=O)COC(=O)CNC(=O)c2ccco2)cc1. The molecule has 1 aromatic carbocycles. The van der Waals surface area contributed by atoms with Gasteiger partial charge in [0.1, 0.15) is 6.54 Å². The summed E-state index contributed by atoms with van der Waals surface area (Å²) < 4.78 is 9.72. The lowest BCUT2D eigenvalue weighted by Gasteiger charge is -2.11. The zero-order valence-electron chi connectivity index (χ0n) is 14.8. The highest BCUT2D eigenvalue weighted by Crippen LogP contribution is 2.20. The second kappa shape index (κ2) is 9.41. The third-order valence-electron chi connectivity index (χ3n) is 3.88. The number of ether oxygens (including phenoxy) is 1. The summed E-state index contributed by atoms with van der Waals surface area (Å²) >= 11 is 0. The van der Waals surface area contributed by atoms with Crippen LogP contribution < -0.4 is 10.6 Å². The monoisotopic (exact) mass is 358 g/mol. The van der Waals surface area contributed by atoms with Crippen molar-refractivity contribution < 1.29 is 23.5 Å². The van der Waals surface area contributed by atoms with E-state index in [9.17, 15) is 14.4 Å². The van der Waals surface area contributed by atoms with Crippen molar-refractivity contribution in [1.29, 1.82) is 0 Å². The first-order chi connectivity index (χ1) is 12.5. The van der Waals surface area contributed by atoms with Crippen molar-refractivity contribution in [3.05, 3.63) is 54.0 Å². The van der Waals surface area contributed by atoms with E-state index < -0.39 is 24.4 Å².